The minimum Gasteiger partial charge on any atom is -0.497 e. The molecule has 2 aliphatic carbocycles. The number of carboxylic acids is 1. The van der Waals surface area contributed by atoms with Crippen LogP contribution in [0, 0.1) is 29.6 Å². The molecular formula is C30H27N3O8S2. The van der Waals surface area contributed by atoms with E-state index in [4.69, 9.17) is 9.47 Å². The van der Waals surface area contributed by atoms with Gasteiger partial charge in [0, 0.05) is 27.3 Å². The molecule has 2 aromatic carbocycles. The largest absolute Gasteiger partial charge is 0.497 e. The van der Waals surface area contributed by atoms with Gasteiger partial charge in [-0.1, -0.05) is 29.5 Å². The second-order valence-electron chi connectivity index (χ2n) is 11.2. The molecule has 4 aliphatic rings. The number of imide groups is 1. The zero-order chi connectivity index (χ0) is 30.0. The van der Waals surface area contributed by atoms with Crippen LogP contribution in [0.3, 0.4) is 0 Å². The number of rotatable bonds is 8. The molecule has 2 saturated carbocycles. The molecule has 43 heavy (non-hydrogen) atoms. The molecule has 0 radical (unpaired) electrons. The van der Waals surface area contributed by atoms with Crippen LogP contribution in [-0.4, -0.2) is 64.2 Å². The number of para-hydroxylation sites is 1. The summed E-state index contributed by atoms with van der Waals surface area (Å²) in [5, 5.41) is 12.8. The summed E-state index contributed by atoms with van der Waals surface area (Å²) in [7, 11) is 1.56. The Labute approximate surface area is 253 Å². The summed E-state index contributed by atoms with van der Waals surface area (Å²) in [6.07, 6.45) is 0.680. The normalized spacial score (nSPS) is 28.3. The Hall–Kier alpha value is -4.10. The number of amides is 3. The lowest BCUT2D eigenvalue weighted by Crippen LogP contribution is -2.42. The summed E-state index contributed by atoms with van der Waals surface area (Å²) in [6, 6.07) is 14.3. The second-order valence-corrected chi connectivity index (χ2v) is 13.4. The van der Waals surface area contributed by atoms with Gasteiger partial charge in [-0.3, -0.25) is 28.9 Å². The third-order valence-corrected chi connectivity index (χ3v) is 11.7. The first-order valence-electron chi connectivity index (χ1n) is 13.9. The SMILES string of the molecule is COc1ccc(NC(=O)COc2ccccc2[C@H]2c3sc(=O)[nH]c3SC3C4CC(C5C(=O)N(CC(=O)O)C(=O)C45)C32)cc1. The number of H-pyrrole nitrogens is 1. The van der Waals surface area contributed by atoms with Gasteiger partial charge in [0.2, 0.25) is 11.8 Å². The van der Waals surface area contributed by atoms with E-state index in [1.54, 1.807) is 49.2 Å². The van der Waals surface area contributed by atoms with Gasteiger partial charge in [0.15, 0.2) is 6.61 Å². The molecular weight excluding hydrogens is 594 g/mol. The van der Waals surface area contributed by atoms with Crippen LogP contribution in [0.4, 0.5) is 5.69 Å². The maximum Gasteiger partial charge on any atom is 0.323 e. The molecule has 7 rings (SSSR count). The molecule has 2 aliphatic heterocycles. The Morgan fingerprint density at radius 3 is 2.49 bits per heavy atom. The van der Waals surface area contributed by atoms with Crippen molar-refractivity contribution in [1.82, 2.24) is 9.88 Å². The van der Waals surface area contributed by atoms with Crippen molar-refractivity contribution in [3.8, 4) is 11.5 Å². The molecule has 6 unspecified atom stereocenters. The highest BCUT2D eigenvalue weighted by Crippen LogP contribution is 2.69. The van der Waals surface area contributed by atoms with Crippen LogP contribution >= 0.6 is 23.1 Å². The zero-order valence-corrected chi connectivity index (χ0v) is 24.5. The van der Waals surface area contributed by atoms with Gasteiger partial charge < -0.3 is 24.9 Å². The predicted octanol–water partition coefficient (Wildman–Crippen LogP) is 3.02. The van der Waals surface area contributed by atoms with Crippen LogP contribution < -0.4 is 19.7 Å². The van der Waals surface area contributed by atoms with E-state index in [0.717, 1.165) is 31.7 Å². The first kappa shape index (κ1) is 27.7. The number of aromatic amines is 1. The average Bonchev–Trinajstić information content (AvgIpc) is 3.72. The quantitative estimate of drug-likeness (QED) is 0.322. The first-order valence-corrected chi connectivity index (χ1v) is 15.6. The number of hydrogen-bond donors (Lipinski definition) is 3. The molecule has 11 nitrogen and oxygen atoms in total. The molecule has 2 bridgehead atoms. The number of nitrogens with zero attached hydrogens (tertiary/aromatic N) is 1. The fourth-order valence-electron chi connectivity index (χ4n) is 7.60. The zero-order valence-electron chi connectivity index (χ0n) is 22.9. The third-order valence-electron chi connectivity index (χ3n) is 9.10. The van der Waals surface area contributed by atoms with Gasteiger partial charge >= 0.3 is 10.8 Å². The van der Waals surface area contributed by atoms with E-state index in [-0.39, 0.29) is 46.3 Å². The fourth-order valence-corrected chi connectivity index (χ4v) is 10.5. The molecule has 1 saturated heterocycles. The number of thioether (sulfide) groups is 1. The first-order chi connectivity index (χ1) is 20.7. The number of ether oxygens (including phenoxy) is 2. The number of methoxy groups -OCH3 is 1. The van der Waals surface area contributed by atoms with E-state index in [1.165, 1.54) is 0 Å². The van der Waals surface area contributed by atoms with Crippen molar-refractivity contribution < 1.29 is 33.8 Å². The van der Waals surface area contributed by atoms with Gasteiger partial charge in [-0.15, -0.1) is 11.8 Å². The maximum absolute atomic E-state index is 13.4. The monoisotopic (exact) mass is 621 g/mol. The van der Waals surface area contributed by atoms with E-state index in [2.05, 4.69) is 10.3 Å². The molecule has 3 amide bonds. The van der Waals surface area contributed by atoms with Crippen molar-refractivity contribution in [3.63, 3.8) is 0 Å². The van der Waals surface area contributed by atoms with Crippen LogP contribution in [0.1, 0.15) is 22.8 Å². The van der Waals surface area contributed by atoms with Crippen LogP contribution in [0.15, 0.2) is 58.4 Å². The number of thiazole rings is 1. The number of aromatic nitrogens is 1. The molecule has 222 valence electrons. The van der Waals surface area contributed by atoms with Gasteiger partial charge in [-0.05, 0) is 54.5 Å². The summed E-state index contributed by atoms with van der Waals surface area (Å²) in [5.74, 6) is -3.04. The highest BCUT2D eigenvalue weighted by Gasteiger charge is 2.69. The topological polar surface area (TPSA) is 155 Å². The van der Waals surface area contributed by atoms with Crippen LogP contribution in [0.5, 0.6) is 11.5 Å². The summed E-state index contributed by atoms with van der Waals surface area (Å²) in [5.41, 5.74) is 1.40. The molecule has 3 heterocycles. The molecule has 3 fully saturated rings. The molecule has 1 aromatic heterocycles. The number of benzene rings is 2. The molecule has 7 atom stereocenters. The Morgan fingerprint density at radius 1 is 1.05 bits per heavy atom. The summed E-state index contributed by atoms with van der Waals surface area (Å²) in [4.78, 5) is 68.0. The maximum atomic E-state index is 13.4. The number of carbonyl (C=O) groups is 4. The van der Waals surface area contributed by atoms with Crippen molar-refractivity contribution >= 4 is 52.5 Å². The lowest BCUT2D eigenvalue weighted by molar-refractivity contribution is -0.149. The number of nitrogens with one attached hydrogen (secondary N) is 2. The minimum atomic E-state index is -1.22. The molecule has 13 heteroatoms. The smallest absolute Gasteiger partial charge is 0.323 e. The number of carbonyl (C=O) groups excluding carboxylic acids is 3. The van der Waals surface area contributed by atoms with E-state index < -0.39 is 36.2 Å². The number of carboxylic acid groups (broad SMARTS) is 1. The minimum absolute atomic E-state index is 0.0537. The van der Waals surface area contributed by atoms with Crippen molar-refractivity contribution in [3.05, 3.63) is 68.6 Å². The average molecular weight is 622 g/mol. The molecule has 0 spiro atoms. The lowest BCUT2D eigenvalue weighted by atomic mass is 9.68. The van der Waals surface area contributed by atoms with Crippen molar-refractivity contribution in [1.29, 1.82) is 0 Å². The highest BCUT2D eigenvalue weighted by atomic mass is 32.2. The van der Waals surface area contributed by atoms with Crippen molar-refractivity contribution in [2.45, 2.75) is 22.6 Å². The van der Waals surface area contributed by atoms with Crippen LogP contribution in [-0.2, 0) is 19.2 Å². The van der Waals surface area contributed by atoms with Gasteiger partial charge in [-0.2, -0.15) is 0 Å². The van der Waals surface area contributed by atoms with Crippen molar-refractivity contribution in [2.75, 3.05) is 25.6 Å². The Bertz CT molecular complexity index is 1700. The van der Waals surface area contributed by atoms with Gasteiger partial charge in [0.05, 0.1) is 24.0 Å². The highest BCUT2D eigenvalue weighted by molar-refractivity contribution is 8.00. The van der Waals surface area contributed by atoms with Gasteiger partial charge in [0.25, 0.3) is 5.91 Å². The Morgan fingerprint density at radius 2 is 1.77 bits per heavy atom. The number of aliphatic carboxylic acids is 1. The predicted molar refractivity (Wildman–Crippen MR) is 156 cm³/mol. The van der Waals surface area contributed by atoms with E-state index in [1.807, 2.05) is 18.2 Å². The Kier molecular flexibility index (Phi) is 6.81. The Balaban J connectivity index is 1.19. The van der Waals surface area contributed by atoms with E-state index >= 15 is 0 Å². The van der Waals surface area contributed by atoms with Crippen LogP contribution in [0.2, 0.25) is 0 Å². The van der Waals surface area contributed by atoms with E-state index in [0.29, 0.717) is 23.6 Å². The van der Waals surface area contributed by atoms with Crippen molar-refractivity contribution in [2.24, 2.45) is 29.6 Å². The second kappa shape index (κ2) is 10.6. The van der Waals surface area contributed by atoms with E-state index in [9.17, 15) is 29.1 Å². The lowest BCUT2D eigenvalue weighted by Gasteiger charge is -2.43. The number of anilines is 1. The molecule has 3 aromatic rings. The number of hydrogen-bond acceptors (Lipinski definition) is 9. The third kappa shape index (κ3) is 4.52. The number of fused-ring (bicyclic) bond motifs is 9. The standard InChI is InChI=1S/C30H27N3O8S2/c1-40-14-8-6-13(7-9-14)31-19(34)12-41-18-5-3-2-4-15(18)21-22-16-10-17(25(22)42-27-26(21)43-30(39)32-27)24-23(16)28(37)33(29(24)38)11-20(35)36/h2-9,16-17,21-25H,10-12H2,1H3,(H,31,34)(H,32,39)(H,35,36)/t16?,17?,21-,22?,23?,24?,25?/m1/s1. The van der Waals surface area contributed by atoms with Gasteiger partial charge in [-0.25, -0.2) is 0 Å². The van der Waals surface area contributed by atoms with Gasteiger partial charge in [0.1, 0.15) is 18.0 Å². The molecule has 3 N–H and O–H groups in total. The summed E-state index contributed by atoms with van der Waals surface area (Å²) >= 11 is 2.67. The fraction of sp³-hybridized carbons (Fsp3) is 0.367. The summed E-state index contributed by atoms with van der Waals surface area (Å²) < 4.78 is 11.2. The summed E-state index contributed by atoms with van der Waals surface area (Å²) in [6.45, 7) is -0.880. The number of likely N-dealkylation sites (tertiary alicyclic amines) is 1. The van der Waals surface area contributed by atoms with Crippen LogP contribution in [0.25, 0.3) is 0 Å².